The molecule has 0 N–H and O–H groups in total. The molecular formula is C14H12O2. The van der Waals surface area contributed by atoms with Gasteiger partial charge in [0.2, 0.25) is 0 Å². The fourth-order valence-electron chi connectivity index (χ4n) is 2.28. The number of carbonyl (C=O) groups is 1. The second kappa shape index (κ2) is 3.34. The van der Waals surface area contributed by atoms with Gasteiger partial charge in [0, 0.05) is 12.0 Å². The number of benzene rings is 1. The minimum absolute atomic E-state index is 0.0938. The van der Waals surface area contributed by atoms with Gasteiger partial charge >= 0.3 is 0 Å². The van der Waals surface area contributed by atoms with Crippen LogP contribution in [0.15, 0.2) is 34.9 Å². The van der Waals surface area contributed by atoms with E-state index in [0.717, 1.165) is 35.3 Å². The third-order valence-corrected chi connectivity index (χ3v) is 3.12. The molecule has 80 valence electrons. The van der Waals surface area contributed by atoms with Crippen molar-refractivity contribution in [3.63, 3.8) is 0 Å². The van der Waals surface area contributed by atoms with Gasteiger partial charge in [-0.15, -0.1) is 0 Å². The van der Waals surface area contributed by atoms with Crippen LogP contribution < -0.4 is 0 Å². The highest BCUT2D eigenvalue weighted by atomic mass is 16.3. The van der Waals surface area contributed by atoms with Gasteiger partial charge in [0.25, 0.3) is 0 Å². The maximum absolute atomic E-state index is 12.2. The molecule has 0 amide bonds. The quantitative estimate of drug-likeness (QED) is 0.672. The van der Waals surface area contributed by atoms with E-state index in [1.54, 1.807) is 12.3 Å². The Kier molecular flexibility index (Phi) is 1.96. The maximum atomic E-state index is 12.2. The predicted octanol–water partition coefficient (Wildman–Crippen LogP) is 2.92. The summed E-state index contributed by atoms with van der Waals surface area (Å²) in [6.07, 6.45) is 3.29. The largest absolute Gasteiger partial charge is 0.469 e. The molecule has 0 spiro atoms. The van der Waals surface area contributed by atoms with Crippen LogP contribution in [0.4, 0.5) is 0 Å². The molecule has 16 heavy (non-hydrogen) atoms. The van der Waals surface area contributed by atoms with E-state index in [1.165, 1.54) is 5.56 Å². The highest BCUT2D eigenvalue weighted by Crippen LogP contribution is 2.25. The van der Waals surface area contributed by atoms with E-state index in [4.69, 9.17) is 4.42 Å². The van der Waals surface area contributed by atoms with Gasteiger partial charge in [-0.3, -0.25) is 4.79 Å². The molecule has 0 unspecified atom stereocenters. The molecule has 0 atom stereocenters. The van der Waals surface area contributed by atoms with Crippen LogP contribution >= 0.6 is 0 Å². The molecule has 1 aromatic heterocycles. The normalized spacial score (nSPS) is 14.2. The molecule has 1 aliphatic rings. The van der Waals surface area contributed by atoms with Crippen LogP contribution in [-0.2, 0) is 12.8 Å². The smallest absolute Gasteiger partial charge is 0.196 e. The molecule has 3 rings (SSSR count). The molecule has 2 aromatic rings. The Morgan fingerprint density at radius 2 is 2.00 bits per heavy atom. The molecule has 1 aromatic carbocycles. The minimum Gasteiger partial charge on any atom is -0.469 e. The highest BCUT2D eigenvalue weighted by Gasteiger charge is 2.22. The van der Waals surface area contributed by atoms with Crippen molar-refractivity contribution in [3.05, 3.63) is 58.5 Å². The SMILES string of the molecule is Cc1ccc2c(c1)CCc1occc1C2=O. The molecule has 2 nitrogen and oxygen atoms in total. The van der Waals surface area contributed by atoms with Gasteiger partial charge in [-0.1, -0.05) is 23.8 Å². The summed E-state index contributed by atoms with van der Waals surface area (Å²) in [5.41, 5.74) is 3.88. The molecule has 0 aliphatic heterocycles. The number of carbonyl (C=O) groups excluding carboxylic acids is 1. The van der Waals surface area contributed by atoms with E-state index in [9.17, 15) is 4.79 Å². The summed E-state index contributed by atoms with van der Waals surface area (Å²) in [6, 6.07) is 7.78. The van der Waals surface area contributed by atoms with Crippen LogP contribution in [-0.4, -0.2) is 5.78 Å². The van der Waals surface area contributed by atoms with E-state index in [1.807, 2.05) is 19.1 Å². The number of aryl methyl sites for hydroxylation is 3. The van der Waals surface area contributed by atoms with Crippen molar-refractivity contribution >= 4 is 5.78 Å². The van der Waals surface area contributed by atoms with Gasteiger partial charge in [0.05, 0.1) is 11.8 Å². The van der Waals surface area contributed by atoms with Gasteiger partial charge in [0.1, 0.15) is 5.76 Å². The van der Waals surface area contributed by atoms with E-state index in [0.29, 0.717) is 0 Å². The predicted molar refractivity (Wildman–Crippen MR) is 60.7 cm³/mol. The summed E-state index contributed by atoms with van der Waals surface area (Å²) < 4.78 is 5.35. The molecular weight excluding hydrogens is 200 g/mol. The zero-order valence-electron chi connectivity index (χ0n) is 9.12. The zero-order valence-corrected chi connectivity index (χ0v) is 9.12. The third-order valence-electron chi connectivity index (χ3n) is 3.12. The van der Waals surface area contributed by atoms with Crippen molar-refractivity contribution in [1.29, 1.82) is 0 Å². The summed E-state index contributed by atoms with van der Waals surface area (Å²) in [4.78, 5) is 12.2. The molecule has 0 saturated carbocycles. The Balaban J connectivity index is 2.20. The van der Waals surface area contributed by atoms with Crippen LogP contribution in [0, 0.1) is 6.92 Å². The van der Waals surface area contributed by atoms with Gasteiger partial charge in [-0.05, 0) is 25.0 Å². The Morgan fingerprint density at radius 1 is 1.12 bits per heavy atom. The lowest BCUT2D eigenvalue weighted by atomic mass is 9.98. The molecule has 1 heterocycles. The second-order valence-electron chi connectivity index (χ2n) is 4.25. The average Bonchev–Trinajstić information content (AvgIpc) is 2.69. The lowest BCUT2D eigenvalue weighted by Crippen LogP contribution is -2.02. The third kappa shape index (κ3) is 1.30. The van der Waals surface area contributed by atoms with Crippen molar-refractivity contribution < 1.29 is 9.21 Å². The highest BCUT2D eigenvalue weighted by molar-refractivity contribution is 6.11. The van der Waals surface area contributed by atoms with E-state index < -0.39 is 0 Å². The Bertz CT molecular complexity index is 564. The van der Waals surface area contributed by atoms with Gasteiger partial charge in [-0.25, -0.2) is 0 Å². The number of hydrogen-bond acceptors (Lipinski definition) is 2. The Morgan fingerprint density at radius 3 is 2.88 bits per heavy atom. The van der Waals surface area contributed by atoms with Crippen LogP contribution in [0.5, 0.6) is 0 Å². The maximum Gasteiger partial charge on any atom is 0.196 e. The monoisotopic (exact) mass is 212 g/mol. The van der Waals surface area contributed by atoms with Crippen molar-refractivity contribution in [2.24, 2.45) is 0 Å². The first-order valence-corrected chi connectivity index (χ1v) is 5.46. The van der Waals surface area contributed by atoms with E-state index >= 15 is 0 Å². The van der Waals surface area contributed by atoms with Crippen molar-refractivity contribution in [2.45, 2.75) is 19.8 Å². The topological polar surface area (TPSA) is 30.2 Å². The first kappa shape index (κ1) is 9.40. The first-order chi connectivity index (χ1) is 7.75. The number of furan rings is 1. The molecule has 1 aliphatic carbocycles. The molecule has 0 saturated heterocycles. The van der Waals surface area contributed by atoms with E-state index in [-0.39, 0.29) is 5.78 Å². The van der Waals surface area contributed by atoms with Crippen molar-refractivity contribution in [2.75, 3.05) is 0 Å². The van der Waals surface area contributed by atoms with Gasteiger partial charge < -0.3 is 4.42 Å². The molecule has 2 heteroatoms. The first-order valence-electron chi connectivity index (χ1n) is 5.46. The number of hydrogen-bond donors (Lipinski definition) is 0. The van der Waals surface area contributed by atoms with Gasteiger partial charge in [0.15, 0.2) is 5.78 Å². The van der Waals surface area contributed by atoms with Crippen molar-refractivity contribution in [3.8, 4) is 0 Å². The van der Waals surface area contributed by atoms with Crippen LogP contribution in [0.25, 0.3) is 0 Å². The summed E-state index contributed by atoms with van der Waals surface area (Å²) in [5.74, 6) is 0.912. The fraction of sp³-hybridized carbons (Fsp3) is 0.214. The Labute approximate surface area is 93.9 Å². The zero-order chi connectivity index (χ0) is 11.1. The number of rotatable bonds is 0. The average molecular weight is 212 g/mol. The molecule has 0 bridgehead atoms. The fourth-order valence-corrected chi connectivity index (χ4v) is 2.28. The lowest BCUT2D eigenvalue weighted by Gasteiger charge is -2.04. The Hall–Kier alpha value is -1.83. The summed E-state index contributed by atoms with van der Waals surface area (Å²) in [5, 5.41) is 0. The standard InChI is InChI=1S/C14H12O2/c1-9-2-4-11-10(8-9)3-5-13-12(14(11)15)6-7-16-13/h2,4,6-8H,3,5H2,1H3. The summed E-state index contributed by atoms with van der Waals surface area (Å²) in [6.45, 7) is 2.05. The molecule has 0 radical (unpaired) electrons. The van der Waals surface area contributed by atoms with E-state index in [2.05, 4.69) is 6.07 Å². The summed E-state index contributed by atoms with van der Waals surface area (Å²) in [7, 11) is 0. The van der Waals surface area contributed by atoms with Crippen LogP contribution in [0.3, 0.4) is 0 Å². The number of ketones is 1. The van der Waals surface area contributed by atoms with Gasteiger partial charge in [-0.2, -0.15) is 0 Å². The lowest BCUT2D eigenvalue weighted by molar-refractivity contribution is 0.103. The minimum atomic E-state index is 0.0938. The van der Waals surface area contributed by atoms with Crippen LogP contribution in [0.1, 0.15) is 32.8 Å². The van der Waals surface area contributed by atoms with Crippen LogP contribution in [0.2, 0.25) is 0 Å². The molecule has 0 fully saturated rings. The number of fused-ring (bicyclic) bond motifs is 2. The summed E-state index contributed by atoms with van der Waals surface area (Å²) >= 11 is 0. The van der Waals surface area contributed by atoms with Crippen molar-refractivity contribution in [1.82, 2.24) is 0 Å². The second-order valence-corrected chi connectivity index (χ2v) is 4.25.